The van der Waals surface area contributed by atoms with Gasteiger partial charge in [0, 0.05) is 32.1 Å². The lowest BCUT2D eigenvalue weighted by atomic mass is 10.1. The van der Waals surface area contributed by atoms with Crippen LogP contribution in [-0.2, 0) is 0 Å². The van der Waals surface area contributed by atoms with Crippen LogP contribution in [0, 0.1) is 0 Å². The van der Waals surface area contributed by atoms with Gasteiger partial charge in [-0.1, -0.05) is 23.2 Å². The maximum atomic E-state index is 12.2. The van der Waals surface area contributed by atoms with Crippen LogP contribution in [0.5, 0.6) is 0 Å². The monoisotopic (exact) mass is 295 g/mol. The van der Waals surface area contributed by atoms with Crippen molar-refractivity contribution in [2.45, 2.75) is 0 Å². The maximum Gasteiger partial charge on any atom is 0.214 e. The number of halogens is 2. The van der Waals surface area contributed by atoms with Crippen molar-refractivity contribution >= 4 is 34.8 Å². The Bertz CT molecular complexity index is 612. The number of hydrogen-bond acceptors (Lipinski definition) is 4. The molecule has 0 saturated heterocycles. The molecule has 6 heteroatoms. The van der Waals surface area contributed by atoms with Crippen molar-refractivity contribution < 1.29 is 4.79 Å². The third-order valence-electron chi connectivity index (χ3n) is 2.49. The molecule has 0 unspecified atom stereocenters. The molecule has 0 aliphatic rings. The van der Waals surface area contributed by atoms with E-state index in [4.69, 9.17) is 23.2 Å². The largest absolute Gasteiger partial charge is 0.363 e. The average Bonchev–Trinajstić information content (AvgIpc) is 2.38. The van der Waals surface area contributed by atoms with Crippen molar-refractivity contribution in [3.8, 4) is 0 Å². The summed E-state index contributed by atoms with van der Waals surface area (Å²) in [7, 11) is 3.75. The zero-order valence-electron chi connectivity index (χ0n) is 10.4. The van der Waals surface area contributed by atoms with Crippen molar-refractivity contribution in [2.24, 2.45) is 0 Å². The van der Waals surface area contributed by atoms with Crippen LogP contribution >= 0.6 is 23.2 Å². The first-order chi connectivity index (χ1) is 8.99. The Hall–Kier alpha value is -1.65. The number of hydrogen-bond donors (Lipinski definition) is 0. The molecule has 2 aromatic heterocycles. The van der Waals surface area contributed by atoms with Gasteiger partial charge in [-0.15, -0.1) is 0 Å². The lowest BCUT2D eigenvalue weighted by molar-refractivity contribution is 0.103. The first kappa shape index (κ1) is 13.8. The van der Waals surface area contributed by atoms with Crippen LogP contribution in [0.25, 0.3) is 0 Å². The van der Waals surface area contributed by atoms with E-state index in [1.165, 1.54) is 18.5 Å². The van der Waals surface area contributed by atoms with Crippen LogP contribution in [0.3, 0.4) is 0 Å². The quantitative estimate of drug-likeness (QED) is 0.817. The lowest BCUT2D eigenvalue weighted by Crippen LogP contribution is -2.11. The molecule has 0 bridgehead atoms. The molecule has 0 atom stereocenters. The van der Waals surface area contributed by atoms with Gasteiger partial charge < -0.3 is 4.90 Å². The molecule has 0 aromatic carbocycles. The van der Waals surface area contributed by atoms with Crippen molar-refractivity contribution in [3.05, 3.63) is 51.9 Å². The predicted octanol–water partition coefficient (Wildman–Crippen LogP) is 3.08. The number of aromatic nitrogens is 2. The molecule has 0 radical (unpaired) electrons. The Labute approximate surface area is 121 Å². The number of carbonyl (C=O) groups is 1. The molecule has 0 amide bonds. The van der Waals surface area contributed by atoms with E-state index in [-0.39, 0.29) is 16.5 Å². The third-order valence-corrected chi connectivity index (χ3v) is 2.99. The van der Waals surface area contributed by atoms with E-state index in [9.17, 15) is 4.79 Å². The molecule has 0 N–H and O–H groups in total. The van der Waals surface area contributed by atoms with Crippen molar-refractivity contribution in [2.75, 3.05) is 19.0 Å². The maximum absolute atomic E-state index is 12.2. The van der Waals surface area contributed by atoms with Gasteiger partial charge in [0.05, 0.1) is 10.0 Å². The van der Waals surface area contributed by atoms with E-state index in [0.717, 1.165) is 5.82 Å². The predicted molar refractivity (Wildman–Crippen MR) is 76.3 cm³/mol. The normalized spacial score (nSPS) is 10.3. The molecule has 0 aliphatic carbocycles. The second kappa shape index (κ2) is 5.55. The highest BCUT2D eigenvalue weighted by Crippen LogP contribution is 2.21. The van der Waals surface area contributed by atoms with Gasteiger partial charge in [0.15, 0.2) is 0 Å². The molecule has 4 nitrogen and oxygen atoms in total. The Balaban J connectivity index is 2.33. The Kier molecular flexibility index (Phi) is 4.02. The molecule has 19 heavy (non-hydrogen) atoms. The number of nitrogens with zero attached hydrogens (tertiary/aromatic N) is 3. The Morgan fingerprint density at radius 3 is 2.42 bits per heavy atom. The highest BCUT2D eigenvalue weighted by molar-refractivity contribution is 6.37. The van der Waals surface area contributed by atoms with E-state index in [1.807, 2.05) is 19.0 Å². The second-order valence-corrected chi connectivity index (χ2v) is 4.96. The summed E-state index contributed by atoms with van der Waals surface area (Å²) in [4.78, 5) is 22.2. The minimum atomic E-state index is -0.278. The summed E-state index contributed by atoms with van der Waals surface area (Å²) in [5, 5.41) is 0.622. The van der Waals surface area contributed by atoms with Gasteiger partial charge in [0.1, 0.15) is 11.5 Å². The summed E-state index contributed by atoms with van der Waals surface area (Å²) in [6, 6.07) is 4.94. The zero-order chi connectivity index (χ0) is 14.0. The van der Waals surface area contributed by atoms with Crippen LogP contribution in [0.2, 0.25) is 10.0 Å². The molecule has 0 saturated carbocycles. The Morgan fingerprint density at radius 2 is 1.89 bits per heavy atom. The van der Waals surface area contributed by atoms with Gasteiger partial charge >= 0.3 is 0 Å². The first-order valence-electron chi connectivity index (χ1n) is 5.48. The Morgan fingerprint density at radius 1 is 1.16 bits per heavy atom. The smallest absolute Gasteiger partial charge is 0.214 e. The van der Waals surface area contributed by atoms with E-state index in [1.54, 1.807) is 12.1 Å². The van der Waals surface area contributed by atoms with E-state index < -0.39 is 0 Å². The summed E-state index contributed by atoms with van der Waals surface area (Å²) in [5.74, 6) is 0.492. The van der Waals surface area contributed by atoms with Gasteiger partial charge in [0.2, 0.25) is 5.78 Å². The number of rotatable bonds is 3. The van der Waals surface area contributed by atoms with Gasteiger partial charge in [-0.3, -0.25) is 4.79 Å². The van der Waals surface area contributed by atoms with Crippen molar-refractivity contribution in [1.29, 1.82) is 0 Å². The summed E-state index contributed by atoms with van der Waals surface area (Å²) >= 11 is 11.7. The molecular formula is C13H11Cl2N3O. The van der Waals surface area contributed by atoms with Gasteiger partial charge in [-0.05, 0) is 18.2 Å². The molecule has 98 valence electrons. The van der Waals surface area contributed by atoms with E-state index in [0.29, 0.717) is 10.6 Å². The minimum Gasteiger partial charge on any atom is -0.363 e. The molecule has 2 aromatic rings. The second-order valence-electron chi connectivity index (χ2n) is 4.11. The molecule has 0 aliphatic heterocycles. The van der Waals surface area contributed by atoms with Crippen LogP contribution in [0.1, 0.15) is 16.1 Å². The molecule has 0 spiro atoms. The highest BCUT2D eigenvalue weighted by Gasteiger charge is 2.15. The fraction of sp³-hybridized carbons (Fsp3) is 0.154. The fourth-order valence-electron chi connectivity index (χ4n) is 1.50. The third kappa shape index (κ3) is 3.03. The van der Waals surface area contributed by atoms with Crippen LogP contribution < -0.4 is 4.90 Å². The summed E-state index contributed by atoms with van der Waals surface area (Å²) < 4.78 is 0. The van der Waals surface area contributed by atoms with Crippen LogP contribution in [-0.4, -0.2) is 29.8 Å². The molecular weight excluding hydrogens is 285 g/mol. The van der Waals surface area contributed by atoms with Crippen LogP contribution in [0.15, 0.2) is 30.6 Å². The number of anilines is 1. The SMILES string of the molecule is CN(C)c1ccc(C(=O)c2ncc(Cl)cc2Cl)cn1. The average molecular weight is 296 g/mol. The van der Waals surface area contributed by atoms with Crippen molar-refractivity contribution in [3.63, 3.8) is 0 Å². The topological polar surface area (TPSA) is 46.1 Å². The number of pyridine rings is 2. The van der Waals surface area contributed by atoms with Crippen LogP contribution in [0.4, 0.5) is 5.82 Å². The number of ketones is 1. The standard InChI is InChI=1S/C13H11Cl2N3O/c1-18(2)11-4-3-8(6-16-11)13(19)12-10(15)5-9(14)7-17-12/h3-7H,1-2H3. The lowest BCUT2D eigenvalue weighted by Gasteiger charge is -2.11. The number of carbonyl (C=O) groups excluding carboxylic acids is 1. The van der Waals surface area contributed by atoms with Gasteiger partial charge in [0.25, 0.3) is 0 Å². The van der Waals surface area contributed by atoms with Gasteiger partial charge in [-0.25, -0.2) is 9.97 Å². The summed E-state index contributed by atoms with van der Waals surface area (Å²) in [6.45, 7) is 0. The van der Waals surface area contributed by atoms with E-state index >= 15 is 0 Å². The first-order valence-corrected chi connectivity index (χ1v) is 6.24. The fourth-order valence-corrected chi connectivity index (χ4v) is 1.97. The van der Waals surface area contributed by atoms with E-state index in [2.05, 4.69) is 9.97 Å². The molecule has 0 fully saturated rings. The molecule has 2 heterocycles. The summed E-state index contributed by atoms with van der Waals surface area (Å²) in [6.07, 6.45) is 2.90. The van der Waals surface area contributed by atoms with Gasteiger partial charge in [-0.2, -0.15) is 0 Å². The summed E-state index contributed by atoms with van der Waals surface area (Å²) in [5.41, 5.74) is 0.604. The molecule has 2 rings (SSSR count). The minimum absolute atomic E-state index is 0.172. The highest BCUT2D eigenvalue weighted by atomic mass is 35.5. The van der Waals surface area contributed by atoms with Crippen molar-refractivity contribution in [1.82, 2.24) is 9.97 Å². The zero-order valence-corrected chi connectivity index (χ0v) is 11.9.